The molecule has 0 bridgehead atoms. The lowest BCUT2D eigenvalue weighted by atomic mass is 9.95. The van der Waals surface area contributed by atoms with Crippen molar-refractivity contribution in [3.8, 4) is 0 Å². The number of furan rings is 1. The van der Waals surface area contributed by atoms with Crippen molar-refractivity contribution in [1.29, 1.82) is 0 Å². The molecule has 136 valence electrons. The van der Waals surface area contributed by atoms with E-state index in [1.807, 2.05) is 44.4 Å². The highest BCUT2D eigenvalue weighted by atomic mass is 16.3. The number of nitrogens with one attached hydrogen (secondary N) is 1. The predicted octanol–water partition coefficient (Wildman–Crippen LogP) is 1.39. The summed E-state index contributed by atoms with van der Waals surface area (Å²) in [6.45, 7) is 1.34. The van der Waals surface area contributed by atoms with Crippen LogP contribution in [0.1, 0.15) is 28.6 Å². The number of carbonyl (C=O) groups is 2. The molecule has 1 aliphatic heterocycles. The average Bonchev–Trinajstić information content (AvgIpc) is 3.24. The van der Waals surface area contributed by atoms with E-state index in [0.717, 1.165) is 18.5 Å². The van der Waals surface area contributed by atoms with Gasteiger partial charge in [-0.05, 0) is 17.7 Å². The van der Waals surface area contributed by atoms with Crippen LogP contribution in [0, 0.1) is 0 Å². The number of hydrogen-bond donors (Lipinski definition) is 2. The summed E-state index contributed by atoms with van der Waals surface area (Å²) in [6, 6.07) is 11.8. The van der Waals surface area contributed by atoms with Gasteiger partial charge in [0.05, 0.1) is 38.5 Å². The van der Waals surface area contributed by atoms with E-state index in [-0.39, 0.29) is 11.3 Å². The van der Waals surface area contributed by atoms with Gasteiger partial charge in [-0.2, -0.15) is 0 Å². The number of hydrogen-bond acceptors (Lipinski definition) is 4. The number of ketones is 1. The van der Waals surface area contributed by atoms with Crippen LogP contribution in [0.4, 0.5) is 0 Å². The zero-order valence-corrected chi connectivity index (χ0v) is 14.9. The number of aliphatic hydroxyl groups excluding tert-OH is 1. The van der Waals surface area contributed by atoms with Gasteiger partial charge in [-0.3, -0.25) is 9.59 Å². The molecule has 2 N–H and O–H groups in total. The molecule has 1 atom stereocenters. The molecule has 1 aliphatic rings. The van der Waals surface area contributed by atoms with Gasteiger partial charge in [-0.1, -0.05) is 30.3 Å². The Kier molecular flexibility index (Phi) is 5.23. The first-order valence-corrected chi connectivity index (χ1v) is 8.67. The van der Waals surface area contributed by atoms with Gasteiger partial charge in [0.15, 0.2) is 11.5 Å². The molecule has 0 radical (unpaired) electrons. The third-order valence-electron chi connectivity index (χ3n) is 4.48. The van der Waals surface area contributed by atoms with Crippen LogP contribution in [0.2, 0.25) is 0 Å². The van der Waals surface area contributed by atoms with E-state index in [9.17, 15) is 14.7 Å². The summed E-state index contributed by atoms with van der Waals surface area (Å²) in [4.78, 5) is 28.4. The normalized spacial score (nSPS) is 17.4. The average molecular weight is 355 g/mol. The van der Waals surface area contributed by atoms with Gasteiger partial charge in [0, 0.05) is 13.0 Å². The van der Waals surface area contributed by atoms with Gasteiger partial charge < -0.3 is 19.3 Å². The zero-order valence-electron chi connectivity index (χ0n) is 14.9. The summed E-state index contributed by atoms with van der Waals surface area (Å²) >= 11 is 0. The van der Waals surface area contributed by atoms with Crippen LogP contribution in [0.15, 0.2) is 64.5 Å². The monoisotopic (exact) mass is 355 g/mol. The predicted molar refractivity (Wildman–Crippen MR) is 95.9 cm³/mol. The fourth-order valence-electron chi connectivity index (χ4n) is 3.24. The van der Waals surface area contributed by atoms with Gasteiger partial charge in [-0.25, -0.2) is 0 Å². The molecular formula is C20H23N2O4+. The smallest absolute Gasteiger partial charge is 0.290 e. The van der Waals surface area contributed by atoms with Crippen LogP contribution < -0.4 is 4.90 Å². The highest BCUT2D eigenvalue weighted by Gasteiger charge is 2.44. The van der Waals surface area contributed by atoms with Crippen LogP contribution in [-0.2, 0) is 4.79 Å². The van der Waals surface area contributed by atoms with Crippen LogP contribution in [-0.4, -0.2) is 48.9 Å². The SMILES string of the molecule is C[NH+](C)CCCN1C(=O)C(O)=C(C(=O)c2ccco2)C1c1ccccc1. The standard InChI is InChI=1S/C20H22N2O4/c1-21(2)11-7-12-22-17(14-8-4-3-5-9-14)16(19(24)20(22)25)18(23)15-10-6-13-26-15/h3-6,8-10,13,17,24H,7,11-12H2,1-2H3/p+1. The first kappa shape index (κ1) is 17.9. The van der Waals surface area contributed by atoms with E-state index in [1.165, 1.54) is 17.2 Å². The van der Waals surface area contributed by atoms with Crippen LogP contribution in [0.25, 0.3) is 0 Å². The second-order valence-corrected chi connectivity index (χ2v) is 6.69. The Labute approximate surface area is 152 Å². The van der Waals surface area contributed by atoms with Crippen molar-refractivity contribution in [2.24, 2.45) is 0 Å². The van der Waals surface area contributed by atoms with Crippen LogP contribution in [0.5, 0.6) is 0 Å². The lowest BCUT2D eigenvalue weighted by molar-refractivity contribution is -0.858. The highest BCUT2D eigenvalue weighted by Crippen LogP contribution is 2.38. The molecule has 0 aliphatic carbocycles. The van der Waals surface area contributed by atoms with Crippen molar-refractivity contribution >= 4 is 11.7 Å². The third kappa shape index (κ3) is 3.41. The maximum Gasteiger partial charge on any atom is 0.290 e. The summed E-state index contributed by atoms with van der Waals surface area (Å²) in [5, 5.41) is 10.5. The van der Waals surface area contributed by atoms with E-state index >= 15 is 0 Å². The number of Topliss-reactive ketones (excluding diaryl/α,β-unsaturated/α-hetero) is 1. The number of quaternary nitrogens is 1. The maximum absolute atomic E-state index is 12.9. The quantitative estimate of drug-likeness (QED) is 0.736. The Morgan fingerprint density at radius 2 is 1.92 bits per heavy atom. The van der Waals surface area contributed by atoms with E-state index in [0.29, 0.717) is 6.54 Å². The molecule has 1 amide bonds. The lowest BCUT2D eigenvalue weighted by Crippen LogP contribution is -3.05. The summed E-state index contributed by atoms with van der Waals surface area (Å²) < 4.78 is 5.20. The first-order chi connectivity index (χ1) is 12.5. The molecule has 2 heterocycles. The third-order valence-corrected chi connectivity index (χ3v) is 4.48. The van der Waals surface area contributed by atoms with Gasteiger partial charge in [0.25, 0.3) is 5.91 Å². The molecule has 0 fully saturated rings. The van der Waals surface area contributed by atoms with Crippen molar-refractivity contribution in [3.63, 3.8) is 0 Å². The summed E-state index contributed by atoms with van der Waals surface area (Å²) in [5.74, 6) is -1.35. The maximum atomic E-state index is 12.9. The largest absolute Gasteiger partial charge is 0.503 e. The highest BCUT2D eigenvalue weighted by molar-refractivity contribution is 6.14. The fourth-order valence-corrected chi connectivity index (χ4v) is 3.24. The molecule has 1 aromatic carbocycles. The second kappa shape index (κ2) is 7.58. The van der Waals surface area contributed by atoms with Crippen molar-refractivity contribution in [1.82, 2.24) is 4.90 Å². The number of benzene rings is 1. The van der Waals surface area contributed by atoms with Crippen LogP contribution >= 0.6 is 0 Å². The minimum atomic E-state index is -0.613. The topological polar surface area (TPSA) is 75.2 Å². The van der Waals surface area contributed by atoms with E-state index < -0.39 is 23.5 Å². The van der Waals surface area contributed by atoms with E-state index in [2.05, 4.69) is 0 Å². The van der Waals surface area contributed by atoms with Crippen molar-refractivity contribution in [3.05, 3.63) is 71.4 Å². The fraction of sp³-hybridized carbons (Fsp3) is 0.300. The molecule has 6 heteroatoms. The van der Waals surface area contributed by atoms with Gasteiger partial charge in [0.2, 0.25) is 5.78 Å². The summed E-state index contributed by atoms with van der Waals surface area (Å²) in [6.07, 6.45) is 2.17. The molecule has 1 aromatic heterocycles. The summed E-state index contributed by atoms with van der Waals surface area (Å²) in [5.41, 5.74) is 0.866. The molecule has 2 aromatic rings. The van der Waals surface area contributed by atoms with Crippen molar-refractivity contribution < 1.29 is 24.0 Å². The number of rotatable bonds is 7. The van der Waals surface area contributed by atoms with E-state index in [4.69, 9.17) is 4.42 Å². The minimum Gasteiger partial charge on any atom is -0.503 e. The van der Waals surface area contributed by atoms with Crippen LogP contribution in [0.3, 0.4) is 0 Å². The molecule has 0 spiro atoms. The number of amides is 1. The number of carbonyl (C=O) groups excluding carboxylic acids is 2. The Morgan fingerprint density at radius 1 is 1.19 bits per heavy atom. The molecule has 0 saturated carbocycles. The Bertz CT molecular complexity index is 810. The first-order valence-electron chi connectivity index (χ1n) is 8.67. The molecule has 6 nitrogen and oxygen atoms in total. The zero-order chi connectivity index (χ0) is 18.7. The molecular weight excluding hydrogens is 332 g/mol. The van der Waals surface area contributed by atoms with Gasteiger partial charge >= 0.3 is 0 Å². The lowest BCUT2D eigenvalue weighted by Gasteiger charge is -2.26. The summed E-state index contributed by atoms with van der Waals surface area (Å²) in [7, 11) is 4.09. The van der Waals surface area contributed by atoms with E-state index in [1.54, 1.807) is 11.0 Å². The Hall–Kier alpha value is -2.86. The molecule has 1 unspecified atom stereocenters. The second-order valence-electron chi connectivity index (χ2n) is 6.69. The Morgan fingerprint density at radius 3 is 2.54 bits per heavy atom. The van der Waals surface area contributed by atoms with Gasteiger partial charge in [0.1, 0.15) is 0 Å². The van der Waals surface area contributed by atoms with Crippen molar-refractivity contribution in [2.45, 2.75) is 12.5 Å². The molecule has 3 rings (SSSR count). The Balaban J connectivity index is 1.97. The minimum absolute atomic E-state index is 0.0772. The molecule has 0 saturated heterocycles. The van der Waals surface area contributed by atoms with Crippen molar-refractivity contribution in [2.75, 3.05) is 27.2 Å². The molecule has 26 heavy (non-hydrogen) atoms. The van der Waals surface area contributed by atoms with Gasteiger partial charge in [-0.15, -0.1) is 0 Å². The number of nitrogens with zero attached hydrogens (tertiary/aromatic N) is 1. The number of aliphatic hydroxyl groups is 1.